The van der Waals surface area contributed by atoms with Gasteiger partial charge in [-0.05, 0) is 49.5 Å². The molecule has 186 valence electrons. The van der Waals surface area contributed by atoms with Gasteiger partial charge >= 0.3 is 5.97 Å². The van der Waals surface area contributed by atoms with Gasteiger partial charge in [-0.3, -0.25) is 24.0 Å². The molecular formula is C26H30FN3O4S. The Morgan fingerprint density at radius 3 is 2.69 bits per heavy atom. The maximum Gasteiger partial charge on any atom is 0.303 e. The number of benzene rings is 1. The van der Waals surface area contributed by atoms with E-state index >= 15 is 0 Å². The molecule has 4 rings (SSSR count). The number of ketones is 1. The zero-order valence-corrected chi connectivity index (χ0v) is 20.5. The molecule has 2 fully saturated rings. The third-order valence-corrected chi connectivity index (χ3v) is 7.53. The van der Waals surface area contributed by atoms with Crippen LogP contribution in [0.5, 0.6) is 0 Å². The second-order valence-corrected chi connectivity index (χ2v) is 10.6. The zero-order valence-electron chi connectivity index (χ0n) is 19.7. The van der Waals surface area contributed by atoms with Crippen molar-refractivity contribution in [2.45, 2.75) is 56.9 Å². The first-order chi connectivity index (χ1) is 16.8. The Bertz CT molecular complexity index is 1130. The summed E-state index contributed by atoms with van der Waals surface area (Å²) in [5.74, 6) is -1.17. The van der Waals surface area contributed by atoms with Crippen molar-refractivity contribution in [1.29, 1.82) is 0 Å². The molecule has 0 spiro atoms. The maximum absolute atomic E-state index is 14.8. The molecule has 2 atom stereocenters. The van der Waals surface area contributed by atoms with E-state index in [-0.39, 0.29) is 34.3 Å². The minimum Gasteiger partial charge on any atom is -0.481 e. The van der Waals surface area contributed by atoms with Gasteiger partial charge in [0.15, 0.2) is 10.9 Å². The molecule has 2 aromatic rings. The monoisotopic (exact) mass is 499 g/mol. The number of thioether (sulfide) groups is 1. The van der Waals surface area contributed by atoms with Crippen molar-refractivity contribution >= 4 is 34.7 Å². The van der Waals surface area contributed by atoms with Gasteiger partial charge in [0, 0.05) is 55.9 Å². The van der Waals surface area contributed by atoms with Crippen molar-refractivity contribution in [3.63, 3.8) is 0 Å². The van der Waals surface area contributed by atoms with Crippen LogP contribution in [0.2, 0.25) is 0 Å². The number of halogens is 1. The van der Waals surface area contributed by atoms with Crippen LogP contribution in [0.1, 0.15) is 56.3 Å². The Morgan fingerprint density at radius 2 is 2.00 bits per heavy atom. The van der Waals surface area contributed by atoms with Gasteiger partial charge in [0.05, 0.1) is 11.7 Å². The van der Waals surface area contributed by atoms with Gasteiger partial charge in [-0.15, -0.1) is 0 Å². The molecule has 0 bridgehead atoms. The number of hydrogen-bond acceptors (Lipinski definition) is 6. The predicted molar refractivity (Wildman–Crippen MR) is 132 cm³/mol. The van der Waals surface area contributed by atoms with Crippen LogP contribution in [0.4, 0.5) is 4.39 Å². The molecule has 7 nitrogen and oxygen atoms in total. The molecule has 35 heavy (non-hydrogen) atoms. The number of aliphatic carboxylic acids is 1. The van der Waals surface area contributed by atoms with E-state index in [1.165, 1.54) is 17.8 Å². The molecule has 1 saturated heterocycles. The second kappa shape index (κ2) is 11.3. The number of carbonyl (C=O) groups is 3. The van der Waals surface area contributed by atoms with E-state index < -0.39 is 12.0 Å². The van der Waals surface area contributed by atoms with Crippen LogP contribution in [0.15, 0.2) is 42.1 Å². The number of aromatic nitrogens is 2. The van der Waals surface area contributed by atoms with E-state index in [1.807, 2.05) is 17.0 Å². The zero-order chi connectivity index (χ0) is 24.9. The van der Waals surface area contributed by atoms with Crippen molar-refractivity contribution in [2.24, 2.45) is 5.92 Å². The molecule has 1 aromatic heterocycles. The van der Waals surface area contributed by atoms with Crippen molar-refractivity contribution in [3.05, 3.63) is 59.2 Å². The maximum atomic E-state index is 14.8. The molecule has 2 aliphatic rings. The van der Waals surface area contributed by atoms with Gasteiger partial charge in [0.2, 0.25) is 0 Å². The highest BCUT2D eigenvalue weighted by molar-refractivity contribution is 8.14. The summed E-state index contributed by atoms with van der Waals surface area (Å²) in [4.78, 5) is 38.0. The lowest BCUT2D eigenvalue weighted by Gasteiger charge is -2.38. The number of carboxylic acid groups (broad SMARTS) is 1. The lowest BCUT2D eigenvalue weighted by Crippen LogP contribution is -2.43. The quantitative estimate of drug-likeness (QED) is 0.520. The summed E-state index contributed by atoms with van der Waals surface area (Å²) in [5.41, 5.74) is 2.09. The fourth-order valence-corrected chi connectivity index (χ4v) is 5.47. The highest BCUT2D eigenvalue weighted by Gasteiger charge is 2.41. The first-order valence-corrected chi connectivity index (χ1v) is 12.8. The number of carbonyl (C=O) groups excluding carboxylic acids is 2. The number of piperidine rings is 1. The third-order valence-electron chi connectivity index (χ3n) is 6.37. The number of rotatable bonds is 10. The Balaban J connectivity index is 1.58. The van der Waals surface area contributed by atoms with Crippen molar-refractivity contribution in [2.75, 3.05) is 13.1 Å². The number of hydrogen-bond donors (Lipinski definition) is 1. The lowest BCUT2D eigenvalue weighted by atomic mass is 9.93. The molecular weight excluding hydrogens is 469 g/mol. The van der Waals surface area contributed by atoms with Crippen molar-refractivity contribution < 1.29 is 23.9 Å². The lowest BCUT2D eigenvalue weighted by molar-refractivity contribution is -0.137. The summed E-state index contributed by atoms with van der Waals surface area (Å²) in [7, 11) is 0. The minimum absolute atomic E-state index is 0.0159. The topological polar surface area (TPSA) is 92.5 Å². The number of aryl methyl sites for hydroxylation is 1. The summed E-state index contributed by atoms with van der Waals surface area (Å²) in [5, 5.41) is 13.4. The first kappa shape index (κ1) is 25.3. The number of Topliss-reactive ketones (excluding diaryl/α,β-unsaturated/α-hetero) is 1. The third kappa shape index (κ3) is 6.67. The van der Waals surface area contributed by atoms with Gasteiger partial charge in [0.25, 0.3) is 0 Å². The first-order valence-electron chi connectivity index (χ1n) is 12.0. The van der Waals surface area contributed by atoms with Crippen LogP contribution < -0.4 is 0 Å². The predicted octanol–water partition coefficient (Wildman–Crippen LogP) is 4.34. The molecule has 2 unspecified atom stereocenters. The molecule has 0 amide bonds. The summed E-state index contributed by atoms with van der Waals surface area (Å²) in [6.45, 7) is 3.07. The molecule has 1 saturated carbocycles. The summed E-state index contributed by atoms with van der Waals surface area (Å²) in [6.07, 6.45) is 6.68. The normalized spacial score (nSPS) is 20.6. The van der Waals surface area contributed by atoms with E-state index in [9.17, 15) is 18.8 Å². The highest BCUT2D eigenvalue weighted by atomic mass is 32.2. The van der Waals surface area contributed by atoms with E-state index in [2.05, 4.69) is 5.10 Å². The number of likely N-dealkylation sites (tertiary alicyclic amines) is 1. The molecule has 2 heterocycles. The highest BCUT2D eigenvalue weighted by Crippen LogP contribution is 2.40. The van der Waals surface area contributed by atoms with Gasteiger partial charge in [0.1, 0.15) is 5.82 Å². The molecule has 1 N–H and O–H groups in total. The van der Waals surface area contributed by atoms with Crippen molar-refractivity contribution in [3.8, 4) is 0 Å². The van der Waals surface area contributed by atoms with E-state index in [4.69, 9.17) is 5.11 Å². The molecule has 1 aromatic carbocycles. The molecule has 0 radical (unpaired) electrons. The Kier molecular flexibility index (Phi) is 8.18. The SMILES string of the molecule is CC(=O)SC1CCN(C(C(=O)C2CC2)c2ccccc2F)C/C1=C\c1ccn(CCCC(=O)O)n1. The molecule has 1 aliphatic carbocycles. The summed E-state index contributed by atoms with van der Waals surface area (Å²) >= 11 is 1.27. The van der Waals surface area contributed by atoms with Crippen LogP contribution in [0.3, 0.4) is 0 Å². The van der Waals surface area contributed by atoms with Gasteiger partial charge in [-0.25, -0.2) is 4.39 Å². The largest absolute Gasteiger partial charge is 0.481 e. The van der Waals surface area contributed by atoms with Crippen LogP contribution >= 0.6 is 11.8 Å². The summed E-state index contributed by atoms with van der Waals surface area (Å²) in [6, 6.07) is 7.69. The average Bonchev–Trinajstić information content (AvgIpc) is 3.57. The smallest absolute Gasteiger partial charge is 0.303 e. The second-order valence-electron chi connectivity index (χ2n) is 9.18. The van der Waals surface area contributed by atoms with Gasteiger partial charge in [-0.1, -0.05) is 30.0 Å². The van der Waals surface area contributed by atoms with Crippen LogP contribution in [-0.4, -0.2) is 55.0 Å². The van der Waals surface area contributed by atoms with E-state index in [1.54, 1.807) is 36.0 Å². The Hall–Kier alpha value is -2.78. The van der Waals surface area contributed by atoms with E-state index in [0.29, 0.717) is 43.7 Å². The average molecular weight is 500 g/mol. The standard InChI is InChI=1S/C26H30FN3O4S/c1-17(31)35-23-11-13-29(25(26(34)18-8-9-18)21-5-2-3-6-22(21)27)16-19(23)15-20-10-14-30(28-20)12-4-7-24(32)33/h2-3,5-6,10,14-15,18,23,25H,4,7-9,11-13,16H2,1H3,(H,32,33)/b19-15+. The number of carboxylic acids is 1. The van der Waals surface area contributed by atoms with Crippen molar-refractivity contribution in [1.82, 2.24) is 14.7 Å². The molecule has 9 heteroatoms. The van der Waals surface area contributed by atoms with Gasteiger partial charge in [-0.2, -0.15) is 5.10 Å². The number of nitrogens with zero attached hydrogens (tertiary/aromatic N) is 3. The summed E-state index contributed by atoms with van der Waals surface area (Å²) < 4.78 is 16.5. The van der Waals surface area contributed by atoms with Crippen LogP contribution in [0.25, 0.3) is 6.08 Å². The van der Waals surface area contributed by atoms with Gasteiger partial charge < -0.3 is 5.11 Å². The Labute approximate surface area is 208 Å². The Morgan fingerprint density at radius 1 is 1.23 bits per heavy atom. The fraction of sp³-hybridized carbons (Fsp3) is 0.462. The molecule has 1 aliphatic heterocycles. The van der Waals surface area contributed by atoms with Crippen LogP contribution in [-0.2, 0) is 20.9 Å². The van der Waals surface area contributed by atoms with E-state index in [0.717, 1.165) is 18.4 Å². The van der Waals surface area contributed by atoms with Crippen LogP contribution in [0, 0.1) is 11.7 Å². The minimum atomic E-state index is -0.837. The fourth-order valence-electron chi connectivity index (χ4n) is 4.56.